The van der Waals surface area contributed by atoms with Gasteiger partial charge in [0.2, 0.25) is 5.91 Å². The molecule has 1 unspecified atom stereocenters. The zero-order chi connectivity index (χ0) is 14.1. The first-order chi connectivity index (χ1) is 8.15. The van der Waals surface area contributed by atoms with Gasteiger partial charge in [-0.15, -0.1) is 0 Å². The monoisotopic (exact) mass is 257 g/mol. The molecule has 1 atom stereocenters. The van der Waals surface area contributed by atoms with Gasteiger partial charge in [-0.1, -0.05) is 0 Å². The van der Waals surface area contributed by atoms with E-state index in [4.69, 9.17) is 0 Å². The molecule has 1 aliphatic heterocycles. The maximum Gasteiger partial charge on any atom is 0.327 e. The van der Waals surface area contributed by atoms with Crippen molar-refractivity contribution >= 4 is 17.8 Å². The Hall–Kier alpha value is -1.63. The van der Waals surface area contributed by atoms with Gasteiger partial charge in [-0.2, -0.15) is 0 Å². The van der Waals surface area contributed by atoms with Gasteiger partial charge < -0.3 is 15.3 Å². The average molecular weight is 257 g/mol. The molecule has 18 heavy (non-hydrogen) atoms. The highest BCUT2D eigenvalue weighted by molar-refractivity contribution is 6.04. The number of nitrogens with zero attached hydrogens (tertiary/aromatic N) is 2. The van der Waals surface area contributed by atoms with Crippen LogP contribution in [0.25, 0.3) is 0 Å². The molecule has 7 nitrogen and oxygen atoms in total. The minimum atomic E-state index is -0.811. The first-order valence-electron chi connectivity index (χ1n) is 5.69. The minimum Gasteiger partial charge on any atom is -0.391 e. The van der Waals surface area contributed by atoms with E-state index in [1.54, 1.807) is 20.8 Å². The zero-order valence-corrected chi connectivity index (χ0v) is 11.1. The Morgan fingerprint density at radius 1 is 1.50 bits per heavy atom. The first kappa shape index (κ1) is 14.4. The summed E-state index contributed by atoms with van der Waals surface area (Å²) in [6.45, 7) is 4.55. The Labute approximate surface area is 106 Å². The van der Waals surface area contributed by atoms with Gasteiger partial charge in [0.25, 0.3) is 5.91 Å². The van der Waals surface area contributed by atoms with Gasteiger partial charge in [-0.25, -0.2) is 4.79 Å². The summed E-state index contributed by atoms with van der Waals surface area (Å²) in [6.07, 6.45) is -0.742. The van der Waals surface area contributed by atoms with Crippen LogP contribution in [0, 0.1) is 0 Å². The number of amides is 4. The van der Waals surface area contributed by atoms with Crippen LogP contribution in [0.15, 0.2) is 0 Å². The second kappa shape index (κ2) is 4.93. The molecule has 0 aromatic rings. The molecule has 0 aromatic carbocycles. The van der Waals surface area contributed by atoms with Crippen LogP contribution in [-0.4, -0.2) is 64.5 Å². The van der Waals surface area contributed by atoms with E-state index in [0.29, 0.717) is 0 Å². The topological polar surface area (TPSA) is 89.9 Å². The summed E-state index contributed by atoms with van der Waals surface area (Å²) >= 11 is 0. The van der Waals surface area contributed by atoms with Gasteiger partial charge in [0, 0.05) is 7.05 Å². The van der Waals surface area contributed by atoms with Crippen molar-refractivity contribution in [2.24, 2.45) is 0 Å². The number of urea groups is 1. The molecular weight excluding hydrogens is 238 g/mol. The van der Waals surface area contributed by atoms with Gasteiger partial charge in [-0.05, 0) is 20.8 Å². The number of aliphatic hydroxyl groups excluding tert-OH is 1. The van der Waals surface area contributed by atoms with Crippen molar-refractivity contribution in [2.45, 2.75) is 32.4 Å². The van der Waals surface area contributed by atoms with Crippen molar-refractivity contribution in [3.63, 3.8) is 0 Å². The predicted molar refractivity (Wildman–Crippen MR) is 63.6 cm³/mol. The standard InChI is InChI=1S/C11H19N3O4/c1-7(15)11(2,3)12-8(16)5-14-9(17)6-13(4)10(14)18/h7,15H,5-6H2,1-4H3,(H,12,16). The van der Waals surface area contributed by atoms with E-state index in [1.807, 2.05) is 0 Å². The molecule has 1 aliphatic rings. The molecule has 1 rings (SSSR count). The Kier molecular flexibility index (Phi) is 3.95. The normalized spacial score (nSPS) is 18.3. The van der Waals surface area contributed by atoms with Gasteiger partial charge in [-0.3, -0.25) is 14.5 Å². The molecule has 1 heterocycles. The molecule has 1 saturated heterocycles. The quantitative estimate of drug-likeness (QED) is 0.642. The van der Waals surface area contributed by atoms with Crippen molar-refractivity contribution in [3.8, 4) is 0 Å². The van der Waals surface area contributed by atoms with Gasteiger partial charge in [0.1, 0.15) is 13.1 Å². The summed E-state index contributed by atoms with van der Waals surface area (Å²) in [5.74, 6) is -0.870. The second-order valence-electron chi connectivity index (χ2n) is 5.06. The van der Waals surface area contributed by atoms with E-state index in [-0.39, 0.29) is 13.1 Å². The van der Waals surface area contributed by atoms with Crippen molar-refractivity contribution in [2.75, 3.05) is 20.1 Å². The number of aliphatic hydroxyl groups is 1. The molecule has 4 amide bonds. The summed E-state index contributed by atoms with van der Waals surface area (Å²) in [5, 5.41) is 12.1. The Balaban J connectivity index is 2.61. The van der Waals surface area contributed by atoms with Crippen LogP contribution in [0.3, 0.4) is 0 Å². The number of likely N-dealkylation sites (N-methyl/N-ethyl adjacent to an activating group) is 1. The van der Waals surface area contributed by atoms with E-state index in [2.05, 4.69) is 5.32 Å². The lowest BCUT2D eigenvalue weighted by molar-refractivity contribution is -0.132. The lowest BCUT2D eigenvalue weighted by Crippen LogP contribution is -2.54. The van der Waals surface area contributed by atoms with Gasteiger partial charge in [0.05, 0.1) is 11.6 Å². The number of hydrogen-bond donors (Lipinski definition) is 2. The smallest absolute Gasteiger partial charge is 0.327 e. The van der Waals surface area contributed by atoms with Crippen LogP contribution in [0.1, 0.15) is 20.8 Å². The van der Waals surface area contributed by atoms with Crippen molar-refractivity contribution in [1.82, 2.24) is 15.1 Å². The summed E-state index contributed by atoms with van der Waals surface area (Å²) in [4.78, 5) is 36.9. The molecule has 0 aromatic heterocycles. The highest BCUT2D eigenvalue weighted by Crippen LogP contribution is 2.10. The lowest BCUT2D eigenvalue weighted by Gasteiger charge is -2.29. The Morgan fingerprint density at radius 3 is 2.44 bits per heavy atom. The van der Waals surface area contributed by atoms with E-state index in [9.17, 15) is 19.5 Å². The summed E-state index contributed by atoms with van der Waals surface area (Å²) in [6, 6.07) is -0.481. The molecule has 1 fully saturated rings. The fraction of sp³-hybridized carbons (Fsp3) is 0.727. The zero-order valence-electron chi connectivity index (χ0n) is 11.1. The predicted octanol–water partition coefficient (Wildman–Crippen LogP) is -0.844. The van der Waals surface area contributed by atoms with Crippen LogP contribution in [0.5, 0.6) is 0 Å². The van der Waals surface area contributed by atoms with Crippen molar-refractivity contribution in [3.05, 3.63) is 0 Å². The summed E-state index contributed by atoms with van der Waals surface area (Å²) in [5.41, 5.74) is -0.811. The third kappa shape index (κ3) is 2.98. The second-order valence-corrected chi connectivity index (χ2v) is 5.06. The number of hydrogen-bond acceptors (Lipinski definition) is 4. The first-order valence-corrected chi connectivity index (χ1v) is 5.69. The highest BCUT2D eigenvalue weighted by Gasteiger charge is 2.36. The van der Waals surface area contributed by atoms with Crippen LogP contribution in [-0.2, 0) is 9.59 Å². The summed E-state index contributed by atoms with van der Waals surface area (Å²) in [7, 11) is 1.50. The average Bonchev–Trinajstić information content (AvgIpc) is 2.44. The minimum absolute atomic E-state index is 0.00803. The van der Waals surface area contributed by atoms with E-state index >= 15 is 0 Å². The molecular formula is C11H19N3O4. The molecule has 0 bridgehead atoms. The SMILES string of the molecule is CC(O)C(C)(C)NC(=O)CN1C(=O)CN(C)C1=O. The van der Waals surface area contributed by atoms with E-state index in [1.165, 1.54) is 11.9 Å². The maximum atomic E-state index is 11.7. The van der Waals surface area contributed by atoms with Crippen LogP contribution >= 0.6 is 0 Å². The highest BCUT2D eigenvalue weighted by atomic mass is 16.3. The fourth-order valence-corrected chi connectivity index (χ4v) is 1.47. The Morgan fingerprint density at radius 2 is 2.06 bits per heavy atom. The number of rotatable bonds is 4. The number of imide groups is 1. The van der Waals surface area contributed by atoms with Crippen LogP contribution in [0.4, 0.5) is 4.79 Å². The molecule has 0 radical (unpaired) electrons. The van der Waals surface area contributed by atoms with E-state index in [0.717, 1.165) is 4.90 Å². The fourth-order valence-electron chi connectivity index (χ4n) is 1.47. The molecule has 0 aliphatic carbocycles. The molecule has 7 heteroatoms. The number of nitrogens with one attached hydrogen (secondary N) is 1. The summed E-state index contributed by atoms with van der Waals surface area (Å²) < 4.78 is 0. The molecule has 0 spiro atoms. The Bertz CT molecular complexity index is 378. The van der Waals surface area contributed by atoms with Crippen LogP contribution < -0.4 is 5.32 Å². The van der Waals surface area contributed by atoms with Gasteiger partial charge >= 0.3 is 6.03 Å². The third-order valence-corrected chi connectivity index (χ3v) is 3.04. The van der Waals surface area contributed by atoms with E-state index < -0.39 is 29.5 Å². The van der Waals surface area contributed by atoms with Crippen molar-refractivity contribution < 1.29 is 19.5 Å². The lowest BCUT2D eigenvalue weighted by atomic mass is 9.99. The van der Waals surface area contributed by atoms with Gasteiger partial charge in [0.15, 0.2) is 0 Å². The largest absolute Gasteiger partial charge is 0.391 e. The molecule has 0 saturated carbocycles. The van der Waals surface area contributed by atoms with Crippen LogP contribution in [0.2, 0.25) is 0 Å². The maximum absolute atomic E-state index is 11.7. The van der Waals surface area contributed by atoms with Crippen molar-refractivity contribution in [1.29, 1.82) is 0 Å². The molecule has 2 N–H and O–H groups in total. The number of carbonyl (C=O) groups excluding carboxylic acids is 3. The molecule has 102 valence electrons. The number of carbonyl (C=O) groups is 3. The third-order valence-electron chi connectivity index (χ3n) is 3.04.